The lowest BCUT2D eigenvalue weighted by atomic mass is 9.33. The number of aliphatic hydroxyl groups excluding tert-OH is 1. The average molecular weight is 330 g/mol. The van der Waals surface area contributed by atoms with Crippen LogP contribution in [0.25, 0.3) is 0 Å². The molecule has 0 aromatic carbocycles. The zero-order valence-corrected chi connectivity index (χ0v) is 14.3. The van der Waals surface area contributed by atoms with Crippen molar-refractivity contribution in [2.45, 2.75) is 70.4 Å². The quantitative estimate of drug-likeness (QED) is 0.548. The number of hydrogen-bond donors (Lipinski definition) is 1. The van der Waals surface area contributed by atoms with E-state index in [1.165, 1.54) is 0 Å². The highest BCUT2D eigenvalue weighted by Gasteiger charge is 2.80. The van der Waals surface area contributed by atoms with Crippen LogP contribution < -0.4 is 0 Å². The maximum atomic E-state index is 12.7. The second-order valence-corrected chi connectivity index (χ2v) is 9.65. The Morgan fingerprint density at radius 3 is 2.83 bits per heavy atom. The largest absolute Gasteiger partial charge is 0.435 e. The van der Waals surface area contributed by atoms with Crippen LogP contribution in [0.2, 0.25) is 0 Å². The lowest BCUT2D eigenvalue weighted by Crippen LogP contribution is -2.80. The highest BCUT2D eigenvalue weighted by Crippen LogP contribution is 2.77. The minimum atomic E-state index is -0.443. The fraction of sp³-hybridized carbons (Fsp3) is 0.850. The molecule has 5 aliphatic carbocycles. The molecule has 7 bridgehead atoms. The van der Waals surface area contributed by atoms with Gasteiger partial charge in [0.1, 0.15) is 0 Å². The molecular formula is C20H26O4. The Kier molecular flexibility index (Phi) is 2.35. The van der Waals surface area contributed by atoms with Crippen LogP contribution in [0.3, 0.4) is 0 Å². The molecule has 8 fully saturated rings. The third kappa shape index (κ3) is 1.18. The van der Waals surface area contributed by atoms with Crippen molar-refractivity contribution < 1.29 is 19.4 Å². The van der Waals surface area contributed by atoms with Crippen molar-refractivity contribution in [1.29, 1.82) is 0 Å². The predicted octanol–water partition coefficient (Wildman–Crippen LogP) is 2.80. The van der Waals surface area contributed by atoms with Gasteiger partial charge in [-0.2, -0.15) is 0 Å². The Hall–Kier alpha value is -0.870. The smallest absolute Gasteiger partial charge is 0.314 e. The van der Waals surface area contributed by atoms with Gasteiger partial charge in [-0.05, 0) is 68.8 Å². The summed E-state index contributed by atoms with van der Waals surface area (Å²) in [5.41, 5.74) is 0.430. The van der Waals surface area contributed by atoms with E-state index in [0.29, 0.717) is 17.8 Å². The van der Waals surface area contributed by atoms with Crippen molar-refractivity contribution in [3.05, 3.63) is 12.2 Å². The lowest BCUT2D eigenvalue weighted by Gasteiger charge is -2.77. The molecule has 0 amide bonds. The van der Waals surface area contributed by atoms with E-state index in [-0.39, 0.29) is 34.6 Å². The van der Waals surface area contributed by atoms with Gasteiger partial charge in [-0.25, -0.2) is 0 Å². The van der Waals surface area contributed by atoms with Crippen molar-refractivity contribution in [3.63, 3.8) is 0 Å². The van der Waals surface area contributed by atoms with Gasteiger partial charge in [0.25, 0.3) is 0 Å². The van der Waals surface area contributed by atoms with E-state index < -0.39 is 6.10 Å². The number of esters is 1. The van der Waals surface area contributed by atoms with Crippen LogP contribution in [0.5, 0.6) is 0 Å². The molecule has 3 heterocycles. The highest BCUT2D eigenvalue weighted by molar-refractivity contribution is 5.78. The molecule has 0 aromatic rings. The molecular weight excluding hydrogens is 304 g/mol. The number of carbonyl (C=O) groups excluding carboxylic acids is 1. The molecule has 130 valence electrons. The molecule has 0 aromatic heterocycles. The second kappa shape index (κ2) is 3.93. The molecule has 24 heavy (non-hydrogen) atoms. The summed E-state index contributed by atoms with van der Waals surface area (Å²) in [6.07, 6.45) is 6.47. The summed E-state index contributed by atoms with van der Waals surface area (Å²) in [6, 6.07) is 0. The zero-order chi connectivity index (χ0) is 16.5. The van der Waals surface area contributed by atoms with Gasteiger partial charge in [0.05, 0.1) is 17.6 Å². The molecule has 4 heteroatoms. The first-order valence-electron chi connectivity index (χ1n) is 9.68. The number of rotatable bonds is 0. The third-order valence-corrected chi connectivity index (χ3v) is 9.31. The Labute approximate surface area is 142 Å². The van der Waals surface area contributed by atoms with E-state index in [0.717, 1.165) is 50.5 Å². The molecule has 1 N–H and O–H groups in total. The molecule has 2 spiro atoms. The molecule has 0 radical (unpaired) electrons. The SMILES string of the molecule is C=C1C2CCC3(C4CC5C6(C)CCCC5(C(OC6=O)O4)C3C2)C1O. The maximum absolute atomic E-state index is 12.7. The maximum Gasteiger partial charge on any atom is 0.314 e. The van der Waals surface area contributed by atoms with Gasteiger partial charge in [0, 0.05) is 10.8 Å². The first kappa shape index (κ1) is 14.3. The van der Waals surface area contributed by atoms with Gasteiger partial charge in [-0.1, -0.05) is 13.0 Å². The van der Waals surface area contributed by atoms with Crippen LogP contribution in [0.15, 0.2) is 12.2 Å². The van der Waals surface area contributed by atoms with E-state index in [1.54, 1.807) is 0 Å². The van der Waals surface area contributed by atoms with Gasteiger partial charge in [0.2, 0.25) is 6.29 Å². The lowest BCUT2D eigenvalue weighted by molar-refractivity contribution is -0.416. The van der Waals surface area contributed by atoms with Gasteiger partial charge in [0.15, 0.2) is 0 Å². The number of hydrogen-bond acceptors (Lipinski definition) is 4. The van der Waals surface area contributed by atoms with Crippen molar-refractivity contribution in [3.8, 4) is 0 Å². The normalized spacial score (nSPS) is 63.1. The van der Waals surface area contributed by atoms with E-state index in [9.17, 15) is 9.90 Å². The molecule has 3 aliphatic heterocycles. The molecule has 9 atom stereocenters. The van der Waals surface area contributed by atoms with Crippen LogP contribution in [0.4, 0.5) is 0 Å². The van der Waals surface area contributed by atoms with Gasteiger partial charge >= 0.3 is 5.97 Å². The minimum absolute atomic E-state index is 0.0119. The molecule has 3 saturated heterocycles. The first-order chi connectivity index (χ1) is 11.4. The summed E-state index contributed by atoms with van der Waals surface area (Å²) < 4.78 is 12.3. The number of fused-ring (bicyclic) bond motifs is 2. The summed E-state index contributed by atoms with van der Waals surface area (Å²) >= 11 is 0. The van der Waals surface area contributed by atoms with Crippen LogP contribution >= 0.6 is 0 Å². The minimum Gasteiger partial charge on any atom is -0.435 e. The fourth-order valence-corrected chi connectivity index (χ4v) is 8.29. The van der Waals surface area contributed by atoms with E-state index >= 15 is 0 Å². The Morgan fingerprint density at radius 1 is 1.17 bits per heavy atom. The monoisotopic (exact) mass is 330 g/mol. The van der Waals surface area contributed by atoms with Crippen LogP contribution in [0.1, 0.15) is 51.9 Å². The molecule has 8 rings (SSSR count). The van der Waals surface area contributed by atoms with Crippen molar-refractivity contribution in [1.82, 2.24) is 0 Å². The van der Waals surface area contributed by atoms with Gasteiger partial charge in [-0.3, -0.25) is 4.79 Å². The predicted molar refractivity (Wildman–Crippen MR) is 85.7 cm³/mol. The topological polar surface area (TPSA) is 55.8 Å². The summed E-state index contributed by atoms with van der Waals surface area (Å²) in [5.74, 6) is 1.16. The van der Waals surface area contributed by atoms with Crippen molar-refractivity contribution >= 4 is 5.97 Å². The Bertz CT molecular complexity index is 673. The average Bonchev–Trinajstić information content (AvgIpc) is 2.58. The number of aliphatic hydroxyl groups is 1. The fourth-order valence-electron chi connectivity index (χ4n) is 8.29. The molecule has 4 nitrogen and oxygen atoms in total. The summed E-state index contributed by atoms with van der Waals surface area (Å²) in [4.78, 5) is 12.7. The van der Waals surface area contributed by atoms with E-state index in [4.69, 9.17) is 9.47 Å². The summed E-state index contributed by atoms with van der Waals surface area (Å²) in [7, 11) is 0. The Balaban J connectivity index is 1.57. The van der Waals surface area contributed by atoms with E-state index in [1.807, 2.05) is 0 Å². The van der Waals surface area contributed by atoms with Crippen LogP contribution in [-0.4, -0.2) is 29.6 Å². The van der Waals surface area contributed by atoms with E-state index in [2.05, 4.69) is 13.5 Å². The third-order valence-electron chi connectivity index (χ3n) is 9.31. The molecule has 9 unspecified atom stereocenters. The van der Waals surface area contributed by atoms with Gasteiger partial charge < -0.3 is 14.6 Å². The highest BCUT2D eigenvalue weighted by atomic mass is 16.7. The summed E-state index contributed by atoms with van der Waals surface area (Å²) in [6.45, 7) is 6.36. The standard InChI is InChI=1S/C20H26O4/c1-10-11-4-7-20(15(10)21)13(8-11)19-6-3-5-18(2)12(19)9-14(20)23-17(19)24-16(18)22/h11-15,17,21H,1,3-9H2,2H3. The van der Waals surface area contributed by atoms with Crippen molar-refractivity contribution in [2.24, 2.45) is 34.0 Å². The second-order valence-electron chi connectivity index (χ2n) is 9.65. The molecule has 5 saturated carbocycles. The van der Waals surface area contributed by atoms with Crippen LogP contribution in [-0.2, 0) is 14.3 Å². The van der Waals surface area contributed by atoms with Crippen molar-refractivity contribution in [2.75, 3.05) is 0 Å². The Morgan fingerprint density at radius 2 is 2.00 bits per heavy atom. The molecule has 8 aliphatic rings. The number of carbonyl (C=O) groups is 1. The number of ether oxygens (including phenoxy) is 2. The first-order valence-corrected chi connectivity index (χ1v) is 9.68. The summed E-state index contributed by atoms with van der Waals surface area (Å²) in [5, 5.41) is 11.2. The van der Waals surface area contributed by atoms with Gasteiger partial charge in [-0.15, -0.1) is 0 Å². The zero-order valence-electron chi connectivity index (χ0n) is 14.3. The van der Waals surface area contributed by atoms with Crippen LogP contribution in [0, 0.1) is 34.0 Å².